The zero-order valence-corrected chi connectivity index (χ0v) is 20.1. The van der Waals surface area contributed by atoms with Crippen LogP contribution in [0.5, 0.6) is 0 Å². The fourth-order valence-corrected chi connectivity index (χ4v) is 2.84. The van der Waals surface area contributed by atoms with Gasteiger partial charge < -0.3 is 29.6 Å². The van der Waals surface area contributed by atoms with Gasteiger partial charge in [-0.05, 0) is 34.2 Å². The minimum atomic E-state index is 0. The van der Waals surface area contributed by atoms with Gasteiger partial charge in [0, 0.05) is 39.9 Å². The molecule has 1 aromatic heterocycles. The molecule has 2 unspecified atom stereocenters. The number of halogens is 1. The largest absolute Gasteiger partial charge is 0.382 e. The number of aryl methyl sites for hydroxylation is 1. The van der Waals surface area contributed by atoms with Gasteiger partial charge in [-0.25, -0.2) is 4.99 Å². The number of nitrogens with one attached hydrogen (secondary N) is 2. The minimum Gasteiger partial charge on any atom is -0.382 e. The van der Waals surface area contributed by atoms with Gasteiger partial charge in [-0.2, -0.15) is 0 Å². The van der Waals surface area contributed by atoms with Crippen molar-refractivity contribution in [2.45, 2.75) is 45.9 Å². The average Bonchev–Trinajstić information content (AvgIpc) is 2.97. The Morgan fingerprint density at radius 2 is 2.18 bits per heavy atom. The van der Waals surface area contributed by atoms with Crippen molar-refractivity contribution in [3.63, 3.8) is 0 Å². The highest BCUT2D eigenvalue weighted by atomic mass is 127. The van der Waals surface area contributed by atoms with E-state index >= 15 is 0 Å². The van der Waals surface area contributed by atoms with E-state index in [0.29, 0.717) is 6.54 Å². The number of hydrogen-bond donors (Lipinski definition) is 2. The molecule has 0 bridgehead atoms. The highest BCUT2D eigenvalue weighted by Crippen LogP contribution is 2.07. The Kier molecular flexibility index (Phi) is 11.9. The molecule has 0 saturated carbocycles. The van der Waals surface area contributed by atoms with E-state index in [-0.39, 0.29) is 36.1 Å². The molecule has 0 radical (unpaired) electrons. The Bertz CT molecular complexity index is 596. The standard InChI is InChI=1S/C18H35N7O2.HI/c1-6-26-10-7-8-19-18(20-12-17-23-22-15(3)25(17)5)21-14(2)16-13-24(4)9-11-27-16;/h14,16H,6-13H2,1-5H3,(H2,19,20,21);1H. The number of aliphatic imine (C=N–C) groups is 1. The summed E-state index contributed by atoms with van der Waals surface area (Å²) >= 11 is 0. The van der Waals surface area contributed by atoms with Crippen molar-refractivity contribution in [1.29, 1.82) is 0 Å². The van der Waals surface area contributed by atoms with Crippen LogP contribution in [0.15, 0.2) is 4.99 Å². The Morgan fingerprint density at radius 1 is 1.39 bits per heavy atom. The summed E-state index contributed by atoms with van der Waals surface area (Å²) < 4.78 is 13.3. The monoisotopic (exact) mass is 509 g/mol. The first-order valence-electron chi connectivity index (χ1n) is 9.78. The van der Waals surface area contributed by atoms with E-state index < -0.39 is 0 Å². The Hall–Kier alpha value is -0.980. The van der Waals surface area contributed by atoms with E-state index in [9.17, 15) is 0 Å². The maximum atomic E-state index is 5.92. The molecule has 1 saturated heterocycles. The van der Waals surface area contributed by atoms with Gasteiger partial charge in [0.05, 0.1) is 18.8 Å². The van der Waals surface area contributed by atoms with Crippen LogP contribution in [0.25, 0.3) is 0 Å². The first-order chi connectivity index (χ1) is 13.0. The van der Waals surface area contributed by atoms with Gasteiger partial charge in [0.25, 0.3) is 0 Å². The molecule has 1 aromatic rings. The van der Waals surface area contributed by atoms with Crippen molar-refractivity contribution < 1.29 is 9.47 Å². The zero-order chi connectivity index (χ0) is 19.6. The van der Waals surface area contributed by atoms with Crippen molar-refractivity contribution >= 4 is 29.9 Å². The molecule has 2 N–H and O–H groups in total. The van der Waals surface area contributed by atoms with Gasteiger partial charge in [-0.1, -0.05) is 0 Å². The third-order valence-corrected chi connectivity index (χ3v) is 4.74. The predicted octanol–water partition coefficient (Wildman–Crippen LogP) is 0.922. The first-order valence-corrected chi connectivity index (χ1v) is 9.78. The van der Waals surface area contributed by atoms with Crippen LogP contribution in [0.4, 0.5) is 0 Å². The summed E-state index contributed by atoms with van der Waals surface area (Å²) in [4.78, 5) is 6.99. The van der Waals surface area contributed by atoms with Crippen LogP contribution in [-0.4, -0.2) is 84.3 Å². The van der Waals surface area contributed by atoms with E-state index in [1.807, 2.05) is 25.5 Å². The van der Waals surface area contributed by atoms with Crippen LogP contribution in [-0.2, 0) is 23.1 Å². The summed E-state index contributed by atoms with van der Waals surface area (Å²) in [6, 6.07) is 0.145. The molecule has 2 rings (SSSR count). The third kappa shape index (κ3) is 8.18. The van der Waals surface area contributed by atoms with Gasteiger partial charge in [0.15, 0.2) is 11.8 Å². The topological polar surface area (TPSA) is 88.8 Å². The van der Waals surface area contributed by atoms with Crippen molar-refractivity contribution in [2.75, 3.05) is 46.5 Å². The summed E-state index contributed by atoms with van der Waals surface area (Å²) in [6.45, 7) is 11.5. The van der Waals surface area contributed by atoms with E-state index in [2.05, 4.69) is 39.7 Å². The summed E-state index contributed by atoms with van der Waals surface area (Å²) in [5, 5.41) is 15.2. The first kappa shape index (κ1) is 25.1. The lowest BCUT2D eigenvalue weighted by Gasteiger charge is -2.34. The summed E-state index contributed by atoms with van der Waals surface area (Å²) in [5.74, 6) is 2.48. The number of aromatic nitrogens is 3. The fraction of sp³-hybridized carbons (Fsp3) is 0.833. The van der Waals surface area contributed by atoms with E-state index in [4.69, 9.17) is 14.5 Å². The normalized spacial score (nSPS) is 19.2. The van der Waals surface area contributed by atoms with Gasteiger partial charge >= 0.3 is 0 Å². The third-order valence-electron chi connectivity index (χ3n) is 4.74. The molecule has 9 nitrogen and oxygen atoms in total. The molecule has 0 aliphatic carbocycles. The molecule has 1 aliphatic rings. The second kappa shape index (κ2) is 13.3. The molecule has 162 valence electrons. The van der Waals surface area contributed by atoms with Crippen LogP contribution in [0.3, 0.4) is 0 Å². The van der Waals surface area contributed by atoms with Crippen molar-refractivity contribution in [3.8, 4) is 0 Å². The number of nitrogens with zero attached hydrogens (tertiary/aromatic N) is 5. The second-order valence-electron chi connectivity index (χ2n) is 6.97. The molecule has 0 amide bonds. The molecular weight excluding hydrogens is 473 g/mol. The maximum absolute atomic E-state index is 5.92. The maximum Gasteiger partial charge on any atom is 0.192 e. The van der Waals surface area contributed by atoms with Crippen LogP contribution < -0.4 is 10.6 Å². The molecule has 2 heterocycles. The number of rotatable bonds is 9. The van der Waals surface area contributed by atoms with Crippen molar-refractivity contribution in [2.24, 2.45) is 12.0 Å². The molecule has 0 aromatic carbocycles. The van der Waals surface area contributed by atoms with Crippen LogP contribution >= 0.6 is 24.0 Å². The molecule has 10 heteroatoms. The van der Waals surface area contributed by atoms with Crippen molar-refractivity contribution in [1.82, 2.24) is 30.3 Å². The predicted molar refractivity (Wildman–Crippen MR) is 121 cm³/mol. The number of ether oxygens (including phenoxy) is 2. The van der Waals surface area contributed by atoms with Crippen LogP contribution in [0.2, 0.25) is 0 Å². The molecule has 1 fully saturated rings. The lowest BCUT2D eigenvalue weighted by atomic mass is 10.1. The zero-order valence-electron chi connectivity index (χ0n) is 17.8. The molecule has 28 heavy (non-hydrogen) atoms. The summed E-state index contributed by atoms with van der Waals surface area (Å²) in [7, 11) is 4.08. The van der Waals surface area contributed by atoms with Gasteiger partial charge in [-0.3, -0.25) is 0 Å². The fourth-order valence-electron chi connectivity index (χ4n) is 2.84. The van der Waals surface area contributed by atoms with Crippen LogP contribution in [0.1, 0.15) is 31.9 Å². The SMILES string of the molecule is CCOCCCNC(=NCc1nnc(C)n1C)NC(C)C1CN(C)CCO1.I. The second-order valence-corrected chi connectivity index (χ2v) is 6.97. The number of hydrogen-bond acceptors (Lipinski definition) is 6. The highest BCUT2D eigenvalue weighted by molar-refractivity contribution is 14.0. The number of guanidine groups is 1. The quantitative estimate of drug-likeness (QED) is 0.222. The minimum absolute atomic E-state index is 0. The number of likely N-dealkylation sites (N-methyl/N-ethyl adjacent to an activating group) is 1. The highest BCUT2D eigenvalue weighted by Gasteiger charge is 2.24. The lowest BCUT2D eigenvalue weighted by molar-refractivity contribution is -0.0324. The molecule has 1 aliphatic heterocycles. The van der Waals surface area contributed by atoms with Crippen molar-refractivity contribution in [3.05, 3.63) is 11.6 Å². The smallest absolute Gasteiger partial charge is 0.192 e. The summed E-state index contributed by atoms with van der Waals surface area (Å²) in [5.41, 5.74) is 0. The lowest BCUT2D eigenvalue weighted by Crippen LogP contribution is -2.53. The molecule has 0 spiro atoms. The van der Waals surface area contributed by atoms with E-state index in [1.54, 1.807) is 0 Å². The van der Waals surface area contributed by atoms with E-state index in [0.717, 1.165) is 63.5 Å². The number of morpholine rings is 1. The van der Waals surface area contributed by atoms with Crippen LogP contribution in [0, 0.1) is 6.92 Å². The molecule has 2 atom stereocenters. The van der Waals surface area contributed by atoms with Gasteiger partial charge in [0.1, 0.15) is 12.4 Å². The Labute approximate surface area is 185 Å². The Morgan fingerprint density at radius 3 is 2.82 bits per heavy atom. The summed E-state index contributed by atoms with van der Waals surface area (Å²) in [6.07, 6.45) is 1.06. The van der Waals surface area contributed by atoms with Gasteiger partial charge in [-0.15, -0.1) is 34.2 Å². The van der Waals surface area contributed by atoms with E-state index in [1.165, 1.54) is 0 Å². The Balaban J connectivity index is 0.00000392. The van der Waals surface area contributed by atoms with Gasteiger partial charge in [0.2, 0.25) is 0 Å². The molecular formula is C18H36IN7O2. The average molecular weight is 509 g/mol.